The molecule has 2 heterocycles. The van der Waals surface area contributed by atoms with E-state index in [4.69, 9.17) is 11.5 Å². The third kappa shape index (κ3) is 4.09. The van der Waals surface area contributed by atoms with Gasteiger partial charge in [0.1, 0.15) is 23.3 Å². The highest BCUT2D eigenvalue weighted by molar-refractivity contribution is 8.05. The van der Waals surface area contributed by atoms with Crippen LogP contribution in [-0.2, 0) is 0 Å². The third-order valence-electron chi connectivity index (χ3n) is 2.38. The molecule has 0 aliphatic heterocycles. The molecule has 0 aliphatic rings. The fourth-order valence-corrected chi connectivity index (χ4v) is 4.81. The van der Waals surface area contributed by atoms with E-state index in [1.54, 1.807) is 0 Å². The predicted octanol–water partition coefficient (Wildman–Crippen LogP) is 4.08. The summed E-state index contributed by atoms with van der Waals surface area (Å²) in [4.78, 5) is 0. The van der Waals surface area contributed by atoms with Crippen molar-refractivity contribution < 1.29 is 0 Å². The highest BCUT2D eigenvalue weighted by Crippen LogP contribution is 2.34. The van der Waals surface area contributed by atoms with Crippen molar-refractivity contribution in [3.05, 3.63) is 56.2 Å². The first-order chi connectivity index (χ1) is 10.7. The Hall–Kier alpha value is -1.84. The van der Waals surface area contributed by atoms with Crippen molar-refractivity contribution in [1.29, 1.82) is 10.5 Å². The summed E-state index contributed by atoms with van der Waals surface area (Å²) in [6.07, 6.45) is 0. The maximum atomic E-state index is 9.36. The highest BCUT2D eigenvalue weighted by atomic mass is 32.2. The Morgan fingerprint density at radius 1 is 0.864 bits per heavy atom. The summed E-state index contributed by atoms with van der Waals surface area (Å²) in [5, 5.41) is 23.1. The van der Waals surface area contributed by atoms with Crippen LogP contribution in [0.2, 0.25) is 0 Å². The van der Waals surface area contributed by atoms with Crippen molar-refractivity contribution in [2.75, 3.05) is 0 Å². The van der Waals surface area contributed by atoms with Crippen LogP contribution in [0.1, 0.15) is 0 Å². The van der Waals surface area contributed by atoms with Gasteiger partial charge in [-0.25, -0.2) is 0 Å². The van der Waals surface area contributed by atoms with Crippen molar-refractivity contribution in [2.24, 2.45) is 11.5 Å². The highest BCUT2D eigenvalue weighted by Gasteiger charge is 2.16. The molecule has 0 saturated carbocycles. The zero-order chi connectivity index (χ0) is 15.9. The smallest absolute Gasteiger partial charge is 0.103 e. The van der Waals surface area contributed by atoms with E-state index >= 15 is 0 Å². The van der Waals surface area contributed by atoms with E-state index in [1.807, 2.05) is 47.2 Å². The summed E-state index contributed by atoms with van der Waals surface area (Å²) >= 11 is 5.55. The SMILES string of the molecule is N#CC(=C(/N)Sc1cccs1)/C(C#N)=C(\N)Sc1cccs1. The number of nitriles is 2. The number of nitrogens with two attached hydrogens (primary N) is 2. The molecule has 22 heavy (non-hydrogen) atoms. The van der Waals surface area contributed by atoms with Crippen LogP contribution in [0.25, 0.3) is 0 Å². The van der Waals surface area contributed by atoms with E-state index in [-0.39, 0.29) is 21.2 Å². The molecule has 4 nitrogen and oxygen atoms in total. The van der Waals surface area contributed by atoms with E-state index in [9.17, 15) is 10.5 Å². The first-order valence-electron chi connectivity index (χ1n) is 5.88. The van der Waals surface area contributed by atoms with E-state index in [2.05, 4.69) is 0 Å². The van der Waals surface area contributed by atoms with E-state index in [0.717, 1.165) is 8.42 Å². The number of hydrogen-bond donors (Lipinski definition) is 2. The summed E-state index contributed by atoms with van der Waals surface area (Å²) in [7, 11) is 0. The normalized spacial score (nSPS) is 12.8. The average Bonchev–Trinajstić information content (AvgIpc) is 3.17. The Bertz CT molecular complexity index is 706. The summed E-state index contributed by atoms with van der Waals surface area (Å²) in [5.74, 6) is 0. The van der Waals surface area contributed by atoms with Gasteiger partial charge in [-0.3, -0.25) is 0 Å². The molecule has 0 bridgehead atoms. The van der Waals surface area contributed by atoms with Crippen molar-refractivity contribution in [3.8, 4) is 12.1 Å². The van der Waals surface area contributed by atoms with Gasteiger partial charge in [-0.05, 0) is 22.9 Å². The fourth-order valence-electron chi connectivity index (χ4n) is 1.43. The zero-order valence-corrected chi connectivity index (χ0v) is 14.4. The van der Waals surface area contributed by atoms with Gasteiger partial charge in [0.2, 0.25) is 0 Å². The third-order valence-corrected chi connectivity index (χ3v) is 6.30. The second kappa shape index (κ2) is 7.97. The molecular formula is C14H10N4S4. The Morgan fingerprint density at radius 3 is 1.55 bits per heavy atom. The summed E-state index contributed by atoms with van der Waals surface area (Å²) in [6, 6.07) is 11.6. The first kappa shape index (κ1) is 16.5. The largest absolute Gasteiger partial charge is 0.392 e. The van der Waals surface area contributed by atoms with Gasteiger partial charge in [-0.1, -0.05) is 35.7 Å². The Balaban J connectivity index is 2.34. The molecule has 2 aromatic rings. The molecule has 2 rings (SSSR count). The molecular weight excluding hydrogens is 352 g/mol. The standard InChI is InChI=1S/C14H10N4S4/c15-7-9(13(17)21-11-3-1-5-19-11)10(8-16)14(18)22-12-4-2-6-20-12/h1-6H,17-18H2/b13-9+,14-10+. The first-order valence-corrected chi connectivity index (χ1v) is 9.27. The van der Waals surface area contributed by atoms with Crippen LogP contribution in [0.4, 0.5) is 0 Å². The second-order valence-electron chi connectivity index (χ2n) is 3.77. The molecule has 0 radical (unpaired) electrons. The predicted molar refractivity (Wildman–Crippen MR) is 94.0 cm³/mol. The lowest BCUT2D eigenvalue weighted by Gasteiger charge is -2.06. The van der Waals surface area contributed by atoms with Crippen LogP contribution in [-0.4, -0.2) is 0 Å². The molecule has 0 saturated heterocycles. The number of allylic oxidation sites excluding steroid dienone is 2. The van der Waals surface area contributed by atoms with Crippen LogP contribution in [0, 0.1) is 22.7 Å². The molecule has 0 atom stereocenters. The van der Waals surface area contributed by atoms with Gasteiger partial charge in [-0.15, -0.1) is 22.7 Å². The van der Waals surface area contributed by atoms with E-state index in [0.29, 0.717) is 0 Å². The van der Waals surface area contributed by atoms with E-state index in [1.165, 1.54) is 46.2 Å². The van der Waals surface area contributed by atoms with Crippen molar-refractivity contribution in [2.45, 2.75) is 8.42 Å². The van der Waals surface area contributed by atoms with Gasteiger partial charge >= 0.3 is 0 Å². The van der Waals surface area contributed by atoms with Crippen LogP contribution >= 0.6 is 46.2 Å². The lowest BCUT2D eigenvalue weighted by Crippen LogP contribution is -2.04. The Kier molecular flexibility index (Phi) is 5.99. The summed E-state index contributed by atoms with van der Waals surface area (Å²) in [5.41, 5.74) is 12.2. The van der Waals surface area contributed by atoms with Crippen LogP contribution in [0.3, 0.4) is 0 Å². The van der Waals surface area contributed by atoms with Crippen molar-refractivity contribution >= 4 is 46.2 Å². The van der Waals surface area contributed by atoms with Crippen molar-refractivity contribution in [3.63, 3.8) is 0 Å². The van der Waals surface area contributed by atoms with Gasteiger partial charge in [0, 0.05) is 0 Å². The monoisotopic (exact) mass is 362 g/mol. The Labute approximate surface area is 144 Å². The molecule has 4 N–H and O–H groups in total. The van der Waals surface area contributed by atoms with Crippen molar-refractivity contribution in [1.82, 2.24) is 0 Å². The van der Waals surface area contributed by atoms with Crippen LogP contribution < -0.4 is 11.5 Å². The number of thiophene rings is 2. The maximum absolute atomic E-state index is 9.36. The van der Waals surface area contributed by atoms with Gasteiger partial charge in [0.05, 0.1) is 18.5 Å². The van der Waals surface area contributed by atoms with Gasteiger partial charge in [0.15, 0.2) is 0 Å². The number of nitrogens with zero attached hydrogens (tertiary/aromatic N) is 2. The topological polar surface area (TPSA) is 99.6 Å². The number of rotatable bonds is 5. The number of hydrogen-bond acceptors (Lipinski definition) is 8. The minimum atomic E-state index is 0.113. The summed E-state index contributed by atoms with van der Waals surface area (Å²) < 4.78 is 1.90. The molecule has 0 unspecified atom stereocenters. The molecule has 0 fully saturated rings. The zero-order valence-electron chi connectivity index (χ0n) is 11.1. The second-order valence-corrected chi connectivity index (χ2v) is 8.35. The summed E-state index contributed by atoms with van der Waals surface area (Å²) in [6.45, 7) is 0. The molecule has 0 spiro atoms. The quantitative estimate of drug-likeness (QED) is 0.472. The molecule has 0 aliphatic carbocycles. The average molecular weight is 363 g/mol. The lowest BCUT2D eigenvalue weighted by molar-refractivity contribution is 1.35. The van der Waals surface area contributed by atoms with Gasteiger partial charge < -0.3 is 11.5 Å². The molecule has 0 aromatic carbocycles. The molecule has 8 heteroatoms. The number of thioether (sulfide) groups is 2. The lowest BCUT2D eigenvalue weighted by atomic mass is 10.1. The van der Waals surface area contributed by atoms with Gasteiger partial charge in [0.25, 0.3) is 0 Å². The van der Waals surface area contributed by atoms with Gasteiger partial charge in [-0.2, -0.15) is 10.5 Å². The Morgan fingerprint density at radius 2 is 1.27 bits per heavy atom. The molecule has 110 valence electrons. The van der Waals surface area contributed by atoms with Crippen LogP contribution in [0.5, 0.6) is 0 Å². The van der Waals surface area contributed by atoms with Crippen LogP contribution in [0.15, 0.2) is 64.6 Å². The molecule has 0 amide bonds. The minimum Gasteiger partial charge on any atom is -0.392 e. The maximum Gasteiger partial charge on any atom is 0.103 e. The van der Waals surface area contributed by atoms with E-state index < -0.39 is 0 Å². The molecule has 2 aromatic heterocycles. The fraction of sp³-hybridized carbons (Fsp3) is 0. The minimum absolute atomic E-state index is 0.113.